The van der Waals surface area contributed by atoms with Crippen LogP contribution in [0, 0.1) is 0 Å². The Morgan fingerprint density at radius 1 is 1.28 bits per heavy atom. The fraction of sp³-hybridized carbons (Fsp3) is 0.500. The molecule has 1 aliphatic heterocycles. The Labute approximate surface area is 113 Å². The van der Waals surface area contributed by atoms with Gasteiger partial charge >= 0.3 is 0 Å². The van der Waals surface area contributed by atoms with Gasteiger partial charge in [-0.2, -0.15) is 0 Å². The van der Waals surface area contributed by atoms with Crippen molar-refractivity contribution in [3.63, 3.8) is 0 Å². The zero-order valence-electron chi connectivity index (χ0n) is 10.7. The smallest absolute Gasteiger partial charge is 0.162 e. The third kappa shape index (κ3) is 3.83. The van der Waals surface area contributed by atoms with E-state index in [-0.39, 0.29) is 5.78 Å². The van der Waals surface area contributed by atoms with Gasteiger partial charge in [0.05, 0.1) is 13.2 Å². The number of carbonyl (C=O) groups is 1. The molecule has 2 rings (SSSR count). The minimum Gasteiger partial charge on any atom is -0.379 e. The summed E-state index contributed by atoms with van der Waals surface area (Å²) in [4.78, 5) is 11.5. The standard InChI is InChI=1S/C14H19NO2S/c1-2-14(16)13-5-3-12(4-6-13)11-18-15-7-9-17-10-8-15/h3-6H,2,7-11H2,1H3. The molecular weight excluding hydrogens is 246 g/mol. The third-order valence-electron chi connectivity index (χ3n) is 2.98. The van der Waals surface area contributed by atoms with E-state index in [0.717, 1.165) is 37.6 Å². The van der Waals surface area contributed by atoms with Gasteiger partial charge < -0.3 is 4.74 Å². The van der Waals surface area contributed by atoms with Crippen molar-refractivity contribution >= 4 is 17.7 Å². The molecule has 0 bridgehead atoms. The van der Waals surface area contributed by atoms with E-state index in [0.29, 0.717) is 6.42 Å². The molecule has 98 valence electrons. The van der Waals surface area contributed by atoms with Crippen LogP contribution >= 0.6 is 11.9 Å². The normalized spacial score (nSPS) is 16.7. The topological polar surface area (TPSA) is 29.5 Å². The molecule has 3 nitrogen and oxygen atoms in total. The van der Waals surface area contributed by atoms with Crippen LogP contribution in [0.4, 0.5) is 0 Å². The van der Waals surface area contributed by atoms with Crippen molar-refractivity contribution in [1.29, 1.82) is 0 Å². The van der Waals surface area contributed by atoms with Gasteiger partial charge in [-0.05, 0) is 5.56 Å². The first-order valence-electron chi connectivity index (χ1n) is 6.37. The lowest BCUT2D eigenvalue weighted by atomic mass is 10.1. The highest BCUT2D eigenvalue weighted by molar-refractivity contribution is 7.96. The highest BCUT2D eigenvalue weighted by Crippen LogP contribution is 2.19. The summed E-state index contributed by atoms with van der Waals surface area (Å²) in [5.41, 5.74) is 2.08. The van der Waals surface area contributed by atoms with Gasteiger partial charge in [0, 0.05) is 30.8 Å². The van der Waals surface area contributed by atoms with Crippen LogP contribution in [-0.4, -0.2) is 36.4 Å². The van der Waals surface area contributed by atoms with Crippen molar-refractivity contribution in [2.45, 2.75) is 19.1 Å². The molecule has 0 amide bonds. The Morgan fingerprint density at radius 3 is 2.56 bits per heavy atom. The monoisotopic (exact) mass is 265 g/mol. The molecule has 1 aromatic rings. The van der Waals surface area contributed by atoms with Gasteiger partial charge in [-0.3, -0.25) is 4.79 Å². The molecule has 1 saturated heterocycles. The Bertz CT molecular complexity index is 385. The molecular formula is C14H19NO2S. The van der Waals surface area contributed by atoms with Crippen LogP contribution in [0.2, 0.25) is 0 Å². The molecule has 0 aliphatic carbocycles. The number of carbonyl (C=O) groups excluding carboxylic acids is 1. The first-order valence-corrected chi connectivity index (χ1v) is 7.31. The van der Waals surface area contributed by atoms with E-state index in [1.165, 1.54) is 5.56 Å². The van der Waals surface area contributed by atoms with Crippen LogP contribution in [0.5, 0.6) is 0 Å². The summed E-state index contributed by atoms with van der Waals surface area (Å²) in [5.74, 6) is 1.17. The fourth-order valence-electron chi connectivity index (χ4n) is 1.83. The number of morpholine rings is 1. The summed E-state index contributed by atoms with van der Waals surface area (Å²) in [5, 5.41) is 0. The number of benzene rings is 1. The molecule has 1 heterocycles. The Balaban J connectivity index is 1.84. The van der Waals surface area contributed by atoms with Crippen molar-refractivity contribution in [2.75, 3.05) is 26.3 Å². The number of ketones is 1. The van der Waals surface area contributed by atoms with Crippen molar-refractivity contribution in [3.8, 4) is 0 Å². The predicted octanol–water partition coefficient (Wildman–Crippen LogP) is 2.76. The molecule has 1 aliphatic rings. The highest BCUT2D eigenvalue weighted by Gasteiger charge is 2.10. The fourth-order valence-corrected chi connectivity index (χ4v) is 2.76. The van der Waals surface area contributed by atoms with Gasteiger partial charge in [0.15, 0.2) is 5.78 Å². The number of hydrogen-bond donors (Lipinski definition) is 0. The second-order valence-electron chi connectivity index (χ2n) is 4.29. The Morgan fingerprint density at radius 2 is 1.94 bits per heavy atom. The molecule has 4 heteroatoms. The van der Waals surface area contributed by atoms with E-state index < -0.39 is 0 Å². The van der Waals surface area contributed by atoms with E-state index in [1.54, 1.807) is 0 Å². The minimum absolute atomic E-state index is 0.211. The maximum atomic E-state index is 11.5. The van der Waals surface area contributed by atoms with Crippen LogP contribution in [0.3, 0.4) is 0 Å². The van der Waals surface area contributed by atoms with Crippen LogP contribution in [0.15, 0.2) is 24.3 Å². The van der Waals surface area contributed by atoms with Crippen molar-refractivity contribution < 1.29 is 9.53 Å². The first-order chi connectivity index (χ1) is 8.79. The second-order valence-corrected chi connectivity index (χ2v) is 5.35. The van der Waals surface area contributed by atoms with Gasteiger partial charge in [-0.15, -0.1) is 0 Å². The van der Waals surface area contributed by atoms with Crippen molar-refractivity contribution in [1.82, 2.24) is 4.31 Å². The van der Waals surface area contributed by atoms with E-state index in [1.807, 2.05) is 31.0 Å². The van der Waals surface area contributed by atoms with Gasteiger partial charge in [0.1, 0.15) is 0 Å². The number of nitrogens with zero attached hydrogens (tertiary/aromatic N) is 1. The number of ether oxygens (including phenoxy) is 1. The Kier molecular flexibility index (Phi) is 5.23. The molecule has 0 spiro atoms. The average molecular weight is 265 g/mol. The van der Waals surface area contributed by atoms with Crippen LogP contribution < -0.4 is 0 Å². The molecule has 0 atom stereocenters. The van der Waals surface area contributed by atoms with Crippen LogP contribution in [0.25, 0.3) is 0 Å². The lowest BCUT2D eigenvalue weighted by molar-refractivity contribution is 0.0773. The van der Waals surface area contributed by atoms with Crippen LogP contribution in [0.1, 0.15) is 29.3 Å². The molecule has 1 fully saturated rings. The molecule has 0 N–H and O–H groups in total. The number of hydrogen-bond acceptors (Lipinski definition) is 4. The maximum absolute atomic E-state index is 11.5. The summed E-state index contributed by atoms with van der Waals surface area (Å²) in [6, 6.07) is 7.97. The van der Waals surface area contributed by atoms with Gasteiger partial charge in [-0.25, -0.2) is 4.31 Å². The summed E-state index contributed by atoms with van der Waals surface area (Å²) in [7, 11) is 0. The van der Waals surface area contributed by atoms with E-state index in [2.05, 4.69) is 16.4 Å². The van der Waals surface area contributed by atoms with Gasteiger partial charge in [0.25, 0.3) is 0 Å². The molecule has 0 radical (unpaired) electrons. The zero-order chi connectivity index (χ0) is 12.8. The van der Waals surface area contributed by atoms with Crippen molar-refractivity contribution in [2.24, 2.45) is 0 Å². The molecule has 0 unspecified atom stereocenters. The molecule has 0 aromatic heterocycles. The predicted molar refractivity (Wildman–Crippen MR) is 74.8 cm³/mol. The molecule has 1 aromatic carbocycles. The molecule has 0 saturated carbocycles. The quantitative estimate of drug-likeness (QED) is 0.605. The van der Waals surface area contributed by atoms with E-state index in [9.17, 15) is 4.79 Å². The average Bonchev–Trinajstić information content (AvgIpc) is 2.46. The third-order valence-corrected chi connectivity index (χ3v) is 4.17. The summed E-state index contributed by atoms with van der Waals surface area (Å²) in [6.45, 7) is 5.55. The van der Waals surface area contributed by atoms with Gasteiger partial charge in [-0.1, -0.05) is 43.1 Å². The Hall–Kier alpha value is -0.840. The largest absolute Gasteiger partial charge is 0.379 e. The lowest BCUT2D eigenvalue weighted by Crippen LogP contribution is -2.31. The summed E-state index contributed by atoms with van der Waals surface area (Å²) in [6.07, 6.45) is 0.571. The highest BCUT2D eigenvalue weighted by atomic mass is 32.2. The van der Waals surface area contributed by atoms with E-state index >= 15 is 0 Å². The number of rotatable bonds is 5. The van der Waals surface area contributed by atoms with Crippen LogP contribution in [-0.2, 0) is 10.5 Å². The van der Waals surface area contributed by atoms with Gasteiger partial charge in [0.2, 0.25) is 0 Å². The lowest BCUT2D eigenvalue weighted by Gasteiger charge is -2.25. The minimum atomic E-state index is 0.211. The first kappa shape index (κ1) is 13.6. The summed E-state index contributed by atoms with van der Waals surface area (Å²) >= 11 is 1.84. The van der Waals surface area contributed by atoms with E-state index in [4.69, 9.17) is 4.74 Å². The molecule has 18 heavy (non-hydrogen) atoms. The maximum Gasteiger partial charge on any atom is 0.162 e. The van der Waals surface area contributed by atoms with Crippen molar-refractivity contribution in [3.05, 3.63) is 35.4 Å². The zero-order valence-corrected chi connectivity index (χ0v) is 11.5. The number of Topliss-reactive ketones (excluding diaryl/α,β-unsaturated/α-hetero) is 1. The SMILES string of the molecule is CCC(=O)c1ccc(CSN2CCOCC2)cc1. The second kappa shape index (κ2) is 6.92. The summed E-state index contributed by atoms with van der Waals surface area (Å²) < 4.78 is 7.66.